The van der Waals surface area contributed by atoms with Gasteiger partial charge in [-0.15, -0.1) is 0 Å². The molecule has 1 saturated carbocycles. The predicted octanol–water partition coefficient (Wildman–Crippen LogP) is 3.59. The molecule has 1 aromatic heterocycles. The van der Waals surface area contributed by atoms with E-state index in [-0.39, 0.29) is 5.91 Å². The van der Waals surface area contributed by atoms with Crippen molar-refractivity contribution < 1.29 is 9.21 Å². The lowest BCUT2D eigenvalue weighted by atomic mass is 10.0. The van der Waals surface area contributed by atoms with Gasteiger partial charge < -0.3 is 14.2 Å². The van der Waals surface area contributed by atoms with Gasteiger partial charge in [0.05, 0.1) is 6.26 Å². The Kier molecular flexibility index (Phi) is 5.32. The minimum absolute atomic E-state index is 0.00332. The Morgan fingerprint density at radius 2 is 1.66 bits per heavy atom. The van der Waals surface area contributed by atoms with Crippen molar-refractivity contribution in [3.63, 3.8) is 0 Å². The van der Waals surface area contributed by atoms with E-state index >= 15 is 0 Å². The van der Waals surface area contributed by atoms with E-state index < -0.39 is 0 Å². The molecule has 29 heavy (non-hydrogen) atoms. The standard InChI is InChI=1S/C24H31N3O2/c28-24(23-6-3-17-29-23)27-15-13-26(14-16-27)22-8-7-19-9-11-25(12-10-20(19)18-22)21-4-1-2-5-21/h3,6-8,17-18,21H,1-2,4-5,9-16H2. The number of nitrogens with zero attached hydrogens (tertiary/aromatic N) is 3. The first-order valence-corrected chi connectivity index (χ1v) is 11.2. The molecule has 0 radical (unpaired) electrons. The van der Waals surface area contributed by atoms with Gasteiger partial charge in [0, 0.05) is 51.0 Å². The molecular formula is C24H31N3O2. The highest BCUT2D eigenvalue weighted by atomic mass is 16.3. The lowest BCUT2D eigenvalue weighted by molar-refractivity contribution is 0.0714. The molecule has 5 heteroatoms. The third kappa shape index (κ3) is 3.93. The molecular weight excluding hydrogens is 362 g/mol. The van der Waals surface area contributed by atoms with Gasteiger partial charge in [-0.2, -0.15) is 0 Å². The summed E-state index contributed by atoms with van der Waals surface area (Å²) in [6.07, 6.45) is 9.51. The molecule has 0 spiro atoms. The van der Waals surface area contributed by atoms with Crippen LogP contribution in [0, 0.1) is 0 Å². The van der Waals surface area contributed by atoms with Crippen LogP contribution in [0.2, 0.25) is 0 Å². The second-order valence-corrected chi connectivity index (χ2v) is 8.68. The van der Waals surface area contributed by atoms with Crippen LogP contribution in [-0.2, 0) is 12.8 Å². The van der Waals surface area contributed by atoms with Crippen LogP contribution in [0.1, 0.15) is 47.4 Å². The third-order valence-corrected chi connectivity index (χ3v) is 7.03. The van der Waals surface area contributed by atoms with Gasteiger partial charge in [0.15, 0.2) is 5.76 Å². The number of furan rings is 1. The molecule has 2 aromatic rings. The average molecular weight is 394 g/mol. The van der Waals surface area contributed by atoms with Crippen LogP contribution in [-0.4, -0.2) is 61.0 Å². The summed E-state index contributed by atoms with van der Waals surface area (Å²) in [6.45, 7) is 5.65. The molecule has 5 rings (SSSR count). The number of benzene rings is 1. The van der Waals surface area contributed by atoms with Crippen molar-refractivity contribution >= 4 is 11.6 Å². The van der Waals surface area contributed by atoms with Crippen molar-refractivity contribution in [3.05, 3.63) is 53.5 Å². The first-order chi connectivity index (χ1) is 14.3. The SMILES string of the molecule is O=C(c1ccco1)N1CCN(c2ccc3c(c2)CCN(C2CCCC2)CC3)CC1. The molecule has 1 aliphatic carbocycles. The summed E-state index contributed by atoms with van der Waals surface area (Å²) in [6, 6.07) is 11.4. The average Bonchev–Trinajstić information content (AvgIpc) is 3.45. The smallest absolute Gasteiger partial charge is 0.289 e. The molecule has 5 nitrogen and oxygen atoms in total. The van der Waals surface area contributed by atoms with Crippen molar-refractivity contribution in [2.45, 2.75) is 44.6 Å². The van der Waals surface area contributed by atoms with E-state index in [1.54, 1.807) is 18.4 Å². The minimum atomic E-state index is 0.00332. The zero-order valence-corrected chi connectivity index (χ0v) is 17.2. The Labute approximate surface area is 173 Å². The number of carbonyl (C=O) groups excluding carboxylic acids is 1. The largest absolute Gasteiger partial charge is 0.459 e. The van der Waals surface area contributed by atoms with Crippen LogP contribution in [0.4, 0.5) is 5.69 Å². The van der Waals surface area contributed by atoms with Crippen LogP contribution in [0.3, 0.4) is 0 Å². The van der Waals surface area contributed by atoms with E-state index in [0.717, 1.165) is 38.6 Å². The maximum atomic E-state index is 12.5. The lowest BCUT2D eigenvalue weighted by Crippen LogP contribution is -2.48. The number of carbonyl (C=O) groups is 1. The second-order valence-electron chi connectivity index (χ2n) is 8.68. The maximum absolute atomic E-state index is 12.5. The summed E-state index contributed by atoms with van der Waals surface area (Å²) >= 11 is 0. The Balaban J connectivity index is 1.22. The number of hydrogen-bond donors (Lipinski definition) is 0. The van der Waals surface area contributed by atoms with Crippen molar-refractivity contribution in [3.8, 4) is 0 Å². The highest BCUT2D eigenvalue weighted by Crippen LogP contribution is 2.28. The van der Waals surface area contributed by atoms with E-state index in [9.17, 15) is 4.79 Å². The molecule has 0 N–H and O–H groups in total. The van der Waals surface area contributed by atoms with Crippen molar-refractivity contribution in [1.29, 1.82) is 0 Å². The molecule has 3 heterocycles. The summed E-state index contributed by atoms with van der Waals surface area (Å²) < 4.78 is 5.27. The van der Waals surface area contributed by atoms with E-state index in [1.807, 2.05) is 4.90 Å². The Bertz CT molecular complexity index is 834. The third-order valence-electron chi connectivity index (χ3n) is 7.03. The molecule has 154 valence electrons. The highest BCUT2D eigenvalue weighted by Gasteiger charge is 2.26. The fraction of sp³-hybridized carbons (Fsp3) is 0.542. The van der Waals surface area contributed by atoms with E-state index in [1.165, 1.54) is 62.0 Å². The molecule has 0 bridgehead atoms. The molecule has 1 amide bonds. The first-order valence-electron chi connectivity index (χ1n) is 11.2. The topological polar surface area (TPSA) is 39.9 Å². The van der Waals surface area contributed by atoms with Crippen molar-refractivity contribution in [2.24, 2.45) is 0 Å². The minimum Gasteiger partial charge on any atom is -0.459 e. The Morgan fingerprint density at radius 1 is 0.897 bits per heavy atom. The fourth-order valence-electron chi connectivity index (χ4n) is 5.28. The van der Waals surface area contributed by atoms with Crippen LogP contribution in [0.25, 0.3) is 0 Å². The number of anilines is 1. The molecule has 2 fully saturated rings. The first kappa shape index (κ1) is 18.7. The van der Waals surface area contributed by atoms with Gasteiger partial charge in [0.2, 0.25) is 0 Å². The fourth-order valence-corrected chi connectivity index (χ4v) is 5.28. The summed E-state index contributed by atoms with van der Waals surface area (Å²) in [5.74, 6) is 0.443. The van der Waals surface area contributed by atoms with Gasteiger partial charge in [-0.3, -0.25) is 9.69 Å². The van der Waals surface area contributed by atoms with Crippen molar-refractivity contribution in [2.75, 3.05) is 44.2 Å². The van der Waals surface area contributed by atoms with Gasteiger partial charge in [-0.25, -0.2) is 0 Å². The van der Waals surface area contributed by atoms with Gasteiger partial charge >= 0.3 is 0 Å². The molecule has 0 unspecified atom stereocenters. The molecule has 0 atom stereocenters. The van der Waals surface area contributed by atoms with Crippen LogP contribution >= 0.6 is 0 Å². The maximum Gasteiger partial charge on any atom is 0.289 e. The van der Waals surface area contributed by atoms with Gasteiger partial charge in [0.25, 0.3) is 5.91 Å². The zero-order chi connectivity index (χ0) is 19.6. The molecule has 3 aliphatic rings. The molecule has 1 saturated heterocycles. The van der Waals surface area contributed by atoms with Crippen molar-refractivity contribution in [1.82, 2.24) is 9.80 Å². The van der Waals surface area contributed by atoms with Crippen LogP contribution < -0.4 is 4.90 Å². The lowest BCUT2D eigenvalue weighted by Gasteiger charge is -2.36. The normalized spacial score (nSPS) is 21.2. The van der Waals surface area contributed by atoms with Gasteiger partial charge in [-0.1, -0.05) is 18.9 Å². The number of rotatable bonds is 3. The number of hydrogen-bond acceptors (Lipinski definition) is 4. The van der Waals surface area contributed by atoms with E-state index in [4.69, 9.17) is 4.42 Å². The molecule has 1 aromatic carbocycles. The van der Waals surface area contributed by atoms with Gasteiger partial charge in [0.1, 0.15) is 0 Å². The quantitative estimate of drug-likeness (QED) is 0.799. The summed E-state index contributed by atoms with van der Waals surface area (Å²) in [7, 11) is 0. The monoisotopic (exact) mass is 393 g/mol. The summed E-state index contributed by atoms with van der Waals surface area (Å²) in [5.41, 5.74) is 4.36. The van der Waals surface area contributed by atoms with E-state index in [2.05, 4.69) is 28.0 Å². The summed E-state index contributed by atoms with van der Waals surface area (Å²) in [4.78, 5) is 19.5. The van der Waals surface area contributed by atoms with Crippen LogP contribution in [0.15, 0.2) is 41.0 Å². The van der Waals surface area contributed by atoms with E-state index in [0.29, 0.717) is 5.76 Å². The number of amides is 1. The number of piperazine rings is 1. The van der Waals surface area contributed by atoms with Crippen LogP contribution in [0.5, 0.6) is 0 Å². The zero-order valence-electron chi connectivity index (χ0n) is 17.2. The second kappa shape index (κ2) is 8.23. The highest BCUT2D eigenvalue weighted by molar-refractivity contribution is 5.91. The van der Waals surface area contributed by atoms with Gasteiger partial charge in [-0.05, 0) is 61.1 Å². The molecule has 2 aliphatic heterocycles. The predicted molar refractivity (Wildman–Crippen MR) is 115 cm³/mol. The summed E-state index contributed by atoms with van der Waals surface area (Å²) in [5, 5.41) is 0. The Morgan fingerprint density at radius 3 is 2.38 bits per heavy atom. The number of fused-ring (bicyclic) bond motifs is 1. The Hall–Kier alpha value is -2.27.